The minimum absolute atomic E-state index is 0.313. The topological polar surface area (TPSA) is 58.2 Å². The summed E-state index contributed by atoms with van der Waals surface area (Å²) >= 11 is 0. The molecular formula is C15H26N2O2S. The van der Waals surface area contributed by atoms with Crippen LogP contribution in [0, 0.1) is 0 Å². The molecule has 0 heterocycles. The third kappa shape index (κ3) is 4.89. The van der Waals surface area contributed by atoms with Crippen LogP contribution in [0.5, 0.6) is 0 Å². The van der Waals surface area contributed by atoms with E-state index < -0.39 is 10.0 Å². The van der Waals surface area contributed by atoms with Crippen molar-refractivity contribution in [2.75, 3.05) is 13.1 Å². The summed E-state index contributed by atoms with van der Waals surface area (Å²) in [7, 11) is -3.39. The maximum atomic E-state index is 12.2. The highest BCUT2D eigenvalue weighted by Crippen LogP contribution is 2.17. The van der Waals surface area contributed by atoms with Gasteiger partial charge in [-0.2, -0.15) is 0 Å². The molecule has 1 unspecified atom stereocenters. The summed E-state index contributed by atoms with van der Waals surface area (Å²) in [6.07, 6.45) is 2.79. The van der Waals surface area contributed by atoms with Gasteiger partial charge in [-0.1, -0.05) is 39.0 Å². The molecule has 0 aliphatic heterocycles. The number of nitrogens with one attached hydrogen (secondary N) is 2. The van der Waals surface area contributed by atoms with Gasteiger partial charge in [-0.05, 0) is 37.4 Å². The Morgan fingerprint density at radius 1 is 1.15 bits per heavy atom. The molecule has 1 rings (SSSR count). The molecule has 1 aromatic carbocycles. The van der Waals surface area contributed by atoms with Crippen LogP contribution < -0.4 is 10.0 Å². The van der Waals surface area contributed by atoms with Crippen molar-refractivity contribution in [3.63, 3.8) is 0 Å². The van der Waals surface area contributed by atoms with Crippen molar-refractivity contribution in [2.24, 2.45) is 0 Å². The minimum Gasteiger partial charge on any atom is -0.314 e. The Morgan fingerprint density at radius 2 is 1.85 bits per heavy atom. The normalized spacial score (nSPS) is 13.3. The van der Waals surface area contributed by atoms with Crippen molar-refractivity contribution in [1.82, 2.24) is 10.0 Å². The van der Waals surface area contributed by atoms with E-state index in [0.29, 0.717) is 17.5 Å². The molecule has 0 aromatic heterocycles. The molecule has 0 spiro atoms. The van der Waals surface area contributed by atoms with Gasteiger partial charge in [-0.15, -0.1) is 0 Å². The molecule has 0 amide bonds. The van der Waals surface area contributed by atoms with Crippen LogP contribution in [-0.2, 0) is 16.4 Å². The molecule has 0 fully saturated rings. The van der Waals surface area contributed by atoms with Gasteiger partial charge in [0.05, 0.1) is 4.90 Å². The molecule has 0 bridgehead atoms. The van der Waals surface area contributed by atoms with Gasteiger partial charge in [0, 0.05) is 12.6 Å². The van der Waals surface area contributed by atoms with E-state index in [9.17, 15) is 8.42 Å². The highest BCUT2D eigenvalue weighted by molar-refractivity contribution is 7.89. The van der Waals surface area contributed by atoms with Crippen LogP contribution in [0.25, 0.3) is 0 Å². The number of rotatable bonds is 9. The predicted octanol–water partition coefficient (Wildman–Crippen LogP) is 2.31. The third-order valence-corrected chi connectivity index (χ3v) is 4.88. The molecule has 1 aromatic rings. The summed E-state index contributed by atoms with van der Waals surface area (Å²) < 4.78 is 27.0. The maximum absolute atomic E-state index is 12.2. The van der Waals surface area contributed by atoms with E-state index in [4.69, 9.17) is 0 Å². The zero-order valence-corrected chi connectivity index (χ0v) is 13.5. The van der Waals surface area contributed by atoms with Gasteiger partial charge in [0.1, 0.15) is 0 Å². The molecule has 0 saturated carbocycles. The Balaban J connectivity index is 2.95. The maximum Gasteiger partial charge on any atom is 0.240 e. The van der Waals surface area contributed by atoms with E-state index in [1.807, 2.05) is 12.1 Å². The molecule has 20 heavy (non-hydrogen) atoms. The van der Waals surface area contributed by atoms with Gasteiger partial charge in [0.15, 0.2) is 0 Å². The second-order valence-corrected chi connectivity index (χ2v) is 6.61. The Kier molecular flexibility index (Phi) is 7.19. The zero-order chi connectivity index (χ0) is 15.0. The lowest BCUT2D eigenvalue weighted by Gasteiger charge is -2.18. The average molecular weight is 298 g/mol. The fourth-order valence-corrected chi connectivity index (χ4v) is 3.47. The van der Waals surface area contributed by atoms with Gasteiger partial charge in [0.25, 0.3) is 0 Å². The fourth-order valence-electron chi connectivity index (χ4n) is 2.18. The van der Waals surface area contributed by atoms with Crippen LogP contribution in [0.4, 0.5) is 0 Å². The van der Waals surface area contributed by atoms with E-state index >= 15 is 0 Å². The molecule has 5 heteroatoms. The molecule has 0 aliphatic rings. The highest BCUT2D eigenvalue weighted by Gasteiger charge is 2.18. The van der Waals surface area contributed by atoms with Crippen LogP contribution in [0.2, 0.25) is 0 Å². The van der Waals surface area contributed by atoms with E-state index in [1.165, 1.54) is 0 Å². The lowest BCUT2D eigenvalue weighted by Crippen LogP contribution is -2.32. The lowest BCUT2D eigenvalue weighted by atomic mass is 10.0. The predicted molar refractivity (Wildman–Crippen MR) is 83.4 cm³/mol. The highest BCUT2D eigenvalue weighted by atomic mass is 32.2. The number of sulfonamides is 1. The average Bonchev–Trinajstić information content (AvgIpc) is 2.43. The van der Waals surface area contributed by atoms with Gasteiger partial charge < -0.3 is 5.32 Å². The van der Waals surface area contributed by atoms with Gasteiger partial charge in [-0.25, -0.2) is 13.1 Å². The number of benzene rings is 1. The fraction of sp³-hybridized carbons (Fsp3) is 0.600. The smallest absolute Gasteiger partial charge is 0.240 e. The summed E-state index contributed by atoms with van der Waals surface area (Å²) in [6.45, 7) is 7.40. The van der Waals surface area contributed by atoms with Crippen molar-refractivity contribution >= 4 is 10.0 Å². The first-order valence-electron chi connectivity index (χ1n) is 7.36. The Labute approximate surface area is 123 Å². The third-order valence-electron chi connectivity index (χ3n) is 3.24. The lowest BCUT2D eigenvalue weighted by molar-refractivity contribution is 0.491. The Bertz CT molecular complexity index is 500. The summed E-state index contributed by atoms with van der Waals surface area (Å²) in [5.74, 6) is 0. The van der Waals surface area contributed by atoms with Crippen LogP contribution in [0.15, 0.2) is 29.2 Å². The Hall–Kier alpha value is -0.910. The molecule has 2 N–H and O–H groups in total. The second-order valence-electron chi connectivity index (χ2n) is 4.87. The largest absolute Gasteiger partial charge is 0.314 e. The van der Waals surface area contributed by atoms with E-state index in [1.54, 1.807) is 19.1 Å². The minimum atomic E-state index is -3.39. The standard InChI is InChI=1S/C15H26N2O2S/c1-4-11-16-14(5-2)12-13-9-7-8-10-15(13)20(18,19)17-6-3/h7-10,14,16-17H,4-6,11-12H2,1-3H3. The Morgan fingerprint density at radius 3 is 2.45 bits per heavy atom. The molecule has 114 valence electrons. The number of hydrogen-bond acceptors (Lipinski definition) is 3. The van der Waals surface area contributed by atoms with Gasteiger partial charge in [0.2, 0.25) is 10.0 Å². The number of hydrogen-bond donors (Lipinski definition) is 2. The first kappa shape index (κ1) is 17.1. The second kappa shape index (κ2) is 8.39. The SMILES string of the molecule is CCCNC(CC)Cc1ccccc1S(=O)(=O)NCC. The summed E-state index contributed by atoms with van der Waals surface area (Å²) in [4.78, 5) is 0.401. The van der Waals surface area contributed by atoms with Crippen molar-refractivity contribution < 1.29 is 8.42 Å². The van der Waals surface area contributed by atoms with Crippen LogP contribution in [-0.4, -0.2) is 27.5 Å². The zero-order valence-electron chi connectivity index (χ0n) is 12.6. The van der Waals surface area contributed by atoms with Crippen molar-refractivity contribution in [3.05, 3.63) is 29.8 Å². The van der Waals surface area contributed by atoms with Crippen molar-refractivity contribution in [1.29, 1.82) is 0 Å². The molecule has 1 atom stereocenters. The summed E-state index contributed by atoms with van der Waals surface area (Å²) in [6, 6.07) is 7.56. The van der Waals surface area contributed by atoms with E-state index in [0.717, 1.165) is 31.4 Å². The first-order chi connectivity index (χ1) is 9.55. The van der Waals surface area contributed by atoms with Crippen LogP contribution in [0.1, 0.15) is 39.2 Å². The monoisotopic (exact) mass is 298 g/mol. The van der Waals surface area contributed by atoms with Crippen LogP contribution >= 0.6 is 0 Å². The molecule has 0 aliphatic carbocycles. The molecular weight excluding hydrogens is 272 g/mol. The summed E-state index contributed by atoms with van der Waals surface area (Å²) in [5, 5.41) is 3.46. The van der Waals surface area contributed by atoms with E-state index in [-0.39, 0.29) is 0 Å². The van der Waals surface area contributed by atoms with Crippen molar-refractivity contribution in [3.8, 4) is 0 Å². The van der Waals surface area contributed by atoms with Gasteiger partial charge >= 0.3 is 0 Å². The molecule has 4 nitrogen and oxygen atoms in total. The molecule has 0 saturated heterocycles. The van der Waals surface area contributed by atoms with Crippen molar-refractivity contribution in [2.45, 2.75) is 51.0 Å². The first-order valence-corrected chi connectivity index (χ1v) is 8.84. The molecule has 0 radical (unpaired) electrons. The van der Waals surface area contributed by atoms with Crippen LogP contribution in [0.3, 0.4) is 0 Å². The van der Waals surface area contributed by atoms with Gasteiger partial charge in [-0.3, -0.25) is 0 Å². The quantitative estimate of drug-likeness (QED) is 0.735. The summed E-state index contributed by atoms with van der Waals surface area (Å²) in [5.41, 5.74) is 0.879. The van der Waals surface area contributed by atoms with E-state index in [2.05, 4.69) is 23.9 Å².